The second-order valence-corrected chi connectivity index (χ2v) is 7.63. The molecule has 1 aliphatic rings. The lowest BCUT2D eigenvalue weighted by Crippen LogP contribution is -2.35. The van der Waals surface area contributed by atoms with Crippen LogP contribution in [0.3, 0.4) is 0 Å². The van der Waals surface area contributed by atoms with Crippen LogP contribution in [0.4, 0.5) is 18.9 Å². The fraction of sp³-hybridized carbons (Fsp3) is 0.250. The Morgan fingerprint density at radius 2 is 1.66 bits per heavy atom. The van der Waals surface area contributed by atoms with Crippen molar-refractivity contribution in [1.82, 2.24) is 4.90 Å². The van der Waals surface area contributed by atoms with E-state index in [4.69, 9.17) is 4.42 Å². The maximum atomic E-state index is 12.9. The van der Waals surface area contributed by atoms with Gasteiger partial charge in [-0.15, -0.1) is 0 Å². The molecule has 1 aromatic heterocycles. The summed E-state index contributed by atoms with van der Waals surface area (Å²) in [4.78, 5) is 27.1. The minimum atomic E-state index is -4.47. The Hall–Kier alpha value is -3.55. The van der Waals surface area contributed by atoms with Gasteiger partial charge in [-0.25, -0.2) is 0 Å². The second-order valence-electron chi connectivity index (χ2n) is 7.63. The fourth-order valence-corrected chi connectivity index (χ4v) is 3.67. The summed E-state index contributed by atoms with van der Waals surface area (Å²) in [5.74, 6) is -0.545. The first kappa shape index (κ1) is 21.7. The van der Waals surface area contributed by atoms with Crippen LogP contribution in [0.2, 0.25) is 0 Å². The number of nitrogens with one attached hydrogen (secondary N) is 1. The second kappa shape index (κ2) is 8.90. The predicted octanol–water partition coefficient (Wildman–Crippen LogP) is 5.84. The van der Waals surface area contributed by atoms with E-state index >= 15 is 0 Å². The quantitative estimate of drug-likeness (QED) is 0.552. The van der Waals surface area contributed by atoms with Crippen LogP contribution in [0.15, 0.2) is 65.1 Å². The van der Waals surface area contributed by atoms with Gasteiger partial charge in [0, 0.05) is 29.9 Å². The molecule has 5 nitrogen and oxygen atoms in total. The summed E-state index contributed by atoms with van der Waals surface area (Å²) in [5, 5.41) is 2.67. The molecule has 0 spiro atoms. The standard InChI is InChI=1S/C24H21F3N2O3/c25-24(26,27)18-8-4-6-16(14-18)20-10-11-21(32-20)22(30)28-19-9-5-7-17(15-19)23(31)29-12-2-1-3-13-29/h4-11,14-15H,1-3,12-13H2,(H,28,30). The van der Waals surface area contributed by atoms with Crippen molar-refractivity contribution in [2.45, 2.75) is 25.4 Å². The largest absolute Gasteiger partial charge is 0.451 e. The summed E-state index contributed by atoms with van der Waals surface area (Å²) < 4.78 is 44.3. The van der Waals surface area contributed by atoms with Crippen molar-refractivity contribution in [3.63, 3.8) is 0 Å². The Bertz CT molecular complexity index is 1130. The van der Waals surface area contributed by atoms with Crippen LogP contribution in [0.1, 0.15) is 45.7 Å². The highest BCUT2D eigenvalue weighted by atomic mass is 19.4. The smallest absolute Gasteiger partial charge is 0.416 e. The average Bonchev–Trinajstić information content (AvgIpc) is 3.29. The highest BCUT2D eigenvalue weighted by molar-refractivity contribution is 6.03. The van der Waals surface area contributed by atoms with E-state index in [1.807, 2.05) is 0 Å². The Balaban J connectivity index is 1.47. The first-order valence-electron chi connectivity index (χ1n) is 10.3. The molecule has 1 aliphatic heterocycles. The molecular weight excluding hydrogens is 421 g/mol. The minimum absolute atomic E-state index is 0.0508. The molecule has 0 aliphatic carbocycles. The van der Waals surface area contributed by atoms with Crippen LogP contribution in [0.25, 0.3) is 11.3 Å². The van der Waals surface area contributed by atoms with Gasteiger partial charge in [-0.2, -0.15) is 13.2 Å². The van der Waals surface area contributed by atoms with Crippen LogP contribution < -0.4 is 5.32 Å². The SMILES string of the molecule is O=C(Nc1cccc(C(=O)N2CCCCC2)c1)c1ccc(-c2cccc(C(F)(F)F)c2)o1. The molecule has 0 radical (unpaired) electrons. The molecular formula is C24H21F3N2O3. The van der Waals surface area contributed by atoms with E-state index in [0.29, 0.717) is 11.3 Å². The molecule has 0 unspecified atom stereocenters. The molecule has 166 valence electrons. The minimum Gasteiger partial charge on any atom is -0.451 e. The van der Waals surface area contributed by atoms with Gasteiger partial charge in [0.2, 0.25) is 0 Å². The summed E-state index contributed by atoms with van der Waals surface area (Å²) in [6.07, 6.45) is -1.39. The van der Waals surface area contributed by atoms with Crippen LogP contribution in [-0.2, 0) is 6.18 Å². The highest BCUT2D eigenvalue weighted by Crippen LogP contribution is 2.32. The van der Waals surface area contributed by atoms with Crippen molar-refractivity contribution in [2.75, 3.05) is 18.4 Å². The number of nitrogens with zero attached hydrogens (tertiary/aromatic N) is 1. The van der Waals surface area contributed by atoms with E-state index in [2.05, 4.69) is 5.32 Å². The van der Waals surface area contributed by atoms with E-state index in [-0.39, 0.29) is 23.0 Å². The number of furan rings is 1. The first-order chi connectivity index (χ1) is 15.3. The summed E-state index contributed by atoms with van der Waals surface area (Å²) in [6, 6.07) is 14.2. The third-order valence-corrected chi connectivity index (χ3v) is 5.31. The molecule has 4 rings (SSSR count). The number of alkyl halides is 3. The van der Waals surface area contributed by atoms with Gasteiger partial charge in [-0.05, 0) is 61.7 Å². The van der Waals surface area contributed by atoms with Crippen LogP contribution in [0, 0.1) is 0 Å². The zero-order chi connectivity index (χ0) is 22.7. The van der Waals surface area contributed by atoms with Gasteiger partial charge in [0.1, 0.15) is 5.76 Å². The van der Waals surface area contributed by atoms with E-state index in [0.717, 1.165) is 44.5 Å². The molecule has 2 heterocycles. The number of likely N-dealkylation sites (tertiary alicyclic amines) is 1. The van der Waals surface area contributed by atoms with Crippen LogP contribution in [0.5, 0.6) is 0 Å². The lowest BCUT2D eigenvalue weighted by Gasteiger charge is -2.26. The van der Waals surface area contributed by atoms with Crippen molar-refractivity contribution >= 4 is 17.5 Å². The number of carbonyl (C=O) groups excluding carboxylic acids is 2. The topological polar surface area (TPSA) is 62.6 Å². The number of anilines is 1. The molecule has 1 saturated heterocycles. The molecule has 0 saturated carbocycles. The zero-order valence-electron chi connectivity index (χ0n) is 17.1. The lowest BCUT2D eigenvalue weighted by molar-refractivity contribution is -0.137. The number of rotatable bonds is 4. The molecule has 1 fully saturated rings. The van der Waals surface area contributed by atoms with Crippen LogP contribution in [-0.4, -0.2) is 29.8 Å². The molecule has 2 amide bonds. The molecule has 3 aromatic rings. The summed E-state index contributed by atoms with van der Waals surface area (Å²) in [7, 11) is 0. The van der Waals surface area contributed by atoms with E-state index in [1.54, 1.807) is 29.2 Å². The van der Waals surface area contributed by atoms with E-state index < -0.39 is 17.6 Å². The number of amides is 2. The third-order valence-electron chi connectivity index (χ3n) is 5.31. The van der Waals surface area contributed by atoms with Gasteiger partial charge in [0.05, 0.1) is 5.56 Å². The zero-order valence-corrected chi connectivity index (χ0v) is 17.1. The Morgan fingerprint density at radius 1 is 0.906 bits per heavy atom. The molecule has 0 atom stereocenters. The monoisotopic (exact) mass is 442 g/mol. The normalized spacial score (nSPS) is 14.3. The molecule has 2 aromatic carbocycles. The van der Waals surface area contributed by atoms with Crippen LogP contribution >= 0.6 is 0 Å². The average molecular weight is 442 g/mol. The van der Waals surface area contributed by atoms with Crippen molar-refractivity contribution in [3.8, 4) is 11.3 Å². The Morgan fingerprint density at radius 3 is 2.41 bits per heavy atom. The number of hydrogen-bond donors (Lipinski definition) is 1. The Kier molecular flexibility index (Phi) is 6.03. The number of halogens is 3. The first-order valence-corrected chi connectivity index (χ1v) is 10.3. The van der Waals surface area contributed by atoms with Gasteiger partial charge in [0.25, 0.3) is 11.8 Å². The van der Waals surface area contributed by atoms with Crippen molar-refractivity contribution in [3.05, 3.63) is 77.6 Å². The predicted molar refractivity (Wildman–Crippen MR) is 113 cm³/mol. The number of hydrogen-bond acceptors (Lipinski definition) is 3. The molecule has 32 heavy (non-hydrogen) atoms. The summed E-state index contributed by atoms with van der Waals surface area (Å²) in [6.45, 7) is 1.44. The number of piperidine rings is 1. The van der Waals surface area contributed by atoms with E-state index in [9.17, 15) is 22.8 Å². The van der Waals surface area contributed by atoms with Gasteiger partial charge < -0.3 is 14.6 Å². The van der Waals surface area contributed by atoms with Crippen molar-refractivity contribution in [2.24, 2.45) is 0 Å². The van der Waals surface area contributed by atoms with Gasteiger partial charge in [-0.1, -0.05) is 18.2 Å². The van der Waals surface area contributed by atoms with Gasteiger partial charge in [0.15, 0.2) is 5.76 Å². The fourth-order valence-electron chi connectivity index (χ4n) is 3.67. The maximum absolute atomic E-state index is 12.9. The maximum Gasteiger partial charge on any atom is 0.416 e. The van der Waals surface area contributed by atoms with Gasteiger partial charge in [-0.3, -0.25) is 9.59 Å². The molecule has 0 bridgehead atoms. The van der Waals surface area contributed by atoms with Crippen molar-refractivity contribution in [1.29, 1.82) is 0 Å². The number of carbonyl (C=O) groups is 2. The Labute approximate surface area is 182 Å². The number of benzene rings is 2. The summed E-state index contributed by atoms with van der Waals surface area (Å²) >= 11 is 0. The molecule has 8 heteroatoms. The molecule has 1 N–H and O–H groups in total. The van der Waals surface area contributed by atoms with Gasteiger partial charge >= 0.3 is 6.18 Å². The highest BCUT2D eigenvalue weighted by Gasteiger charge is 2.30. The third kappa shape index (κ3) is 4.85. The van der Waals surface area contributed by atoms with E-state index in [1.165, 1.54) is 24.3 Å². The lowest BCUT2D eigenvalue weighted by atomic mass is 10.1. The van der Waals surface area contributed by atoms with Crippen molar-refractivity contribution < 1.29 is 27.2 Å². The summed E-state index contributed by atoms with van der Waals surface area (Å²) in [5.41, 5.74) is 0.323.